The van der Waals surface area contributed by atoms with Gasteiger partial charge in [-0.15, -0.1) is 0 Å². The van der Waals surface area contributed by atoms with Crippen LogP contribution in [0.2, 0.25) is 0 Å². The van der Waals surface area contributed by atoms with Gasteiger partial charge < -0.3 is 9.72 Å². The molecule has 0 aliphatic carbocycles. The first kappa shape index (κ1) is 16.1. The van der Waals surface area contributed by atoms with E-state index in [-0.39, 0.29) is 17.3 Å². The van der Waals surface area contributed by atoms with Gasteiger partial charge in [0.15, 0.2) is 0 Å². The van der Waals surface area contributed by atoms with E-state index in [1.165, 1.54) is 23.5 Å². The molecule has 1 aliphatic rings. The Morgan fingerprint density at radius 1 is 1.16 bits per heavy atom. The van der Waals surface area contributed by atoms with Gasteiger partial charge in [-0.3, -0.25) is 0 Å². The normalized spacial score (nSPS) is 15.3. The number of methoxy groups -OCH3 is 1. The first-order chi connectivity index (χ1) is 12.0. The number of fused-ring (bicyclic) bond motifs is 3. The zero-order chi connectivity index (χ0) is 17.6. The number of aromatic nitrogens is 1. The van der Waals surface area contributed by atoms with Crippen LogP contribution in [0.5, 0.6) is 5.75 Å². The summed E-state index contributed by atoms with van der Waals surface area (Å²) in [6.45, 7) is 0.615. The minimum atomic E-state index is -3.62. The molecule has 4 rings (SSSR count). The minimum absolute atomic E-state index is 0.225. The molecule has 0 saturated carbocycles. The zero-order valence-electron chi connectivity index (χ0n) is 13.6. The van der Waals surface area contributed by atoms with E-state index in [2.05, 4.69) is 4.98 Å². The summed E-state index contributed by atoms with van der Waals surface area (Å²) in [7, 11) is -2.08. The van der Waals surface area contributed by atoms with Gasteiger partial charge >= 0.3 is 0 Å². The second-order valence-corrected chi connectivity index (χ2v) is 7.97. The van der Waals surface area contributed by atoms with Crippen LogP contribution in [-0.4, -0.2) is 31.4 Å². The van der Waals surface area contributed by atoms with Crippen molar-refractivity contribution in [2.75, 3.05) is 13.7 Å². The van der Waals surface area contributed by atoms with Gasteiger partial charge in [0.2, 0.25) is 10.0 Å². The lowest BCUT2D eigenvalue weighted by atomic mass is 10.1. The number of ether oxygens (including phenoxy) is 1. The molecule has 0 fully saturated rings. The summed E-state index contributed by atoms with van der Waals surface area (Å²) in [6, 6.07) is 10.9. The van der Waals surface area contributed by atoms with Gasteiger partial charge in [0, 0.05) is 36.1 Å². The summed E-state index contributed by atoms with van der Waals surface area (Å²) in [4.78, 5) is 3.49. The van der Waals surface area contributed by atoms with E-state index >= 15 is 0 Å². The van der Waals surface area contributed by atoms with E-state index in [9.17, 15) is 12.8 Å². The number of aromatic amines is 1. The average Bonchev–Trinajstić information content (AvgIpc) is 2.99. The highest BCUT2D eigenvalue weighted by Crippen LogP contribution is 2.31. The first-order valence-corrected chi connectivity index (χ1v) is 9.36. The summed E-state index contributed by atoms with van der Waals surface area (Å²) in [6.07, 6.45) is 0.570. The van der Waals surface area contributed by atoms with Crippen LogP contribution in [0.3, 0.4) is 0 Å². The Morgan fingerprint density at radius 2 is 1.92 bits per heavy atom. The number of hydrogen-bond donors (Lipinski definition) is 1. The molecule has 5 nitrogen and oxygen atoms in total. The molecule has 0 saturated heterocycles. The quantitative estimate of drug-likeness (QED) is 0.781. The van der Waals surface area contributed by atoms with E-state index < -0.39 is 10.0 Å². The van der Waals surface area contributed by atoms with Crippen molar-refractivity contribution in [3.8, 4) is 5.75 Å². The van der Waals surface area contributed by atoms with Crippen molar-refractivity contribution in [1.29, 1.82) is 0 Å². The molecule has 7 heteroatoms. The number of nitrogens with one attached hydrogen (secondary N) is 1. The van der Waals surface area contributed by atoms with Gasteiger partial charge in [-0.25, -0.2) is 12.8 Å². The fraction of sp³-hybridized carbons (Fsp3) is 0.222. The third-order valence-electron chi connectivity index (χ3n) is 4.60. The zero-order valence-corrected chi connectivity index (χ0v) is 14.4. The molecule has 2 aromatic carbocycles. The lowest BCUT2D eigenvalue weighted by Gasteiger charge is -2.26. The molecule has 2 heterocycles. The Bertz CT molecular complexity index is 1040. The Morgan fingerprint density at radius 3 is 2.64 bits per heavy atom. The SMILES string of the molecule is COc1ccc(S(=O)(=O)N2CCc3[nH]c4ccc(F)cc4c3C2)cc1. The van der Waals surface area contributed by atoms with Crippen molar-refractivity contribution < 1.29 is 17.5 Å². The third-order valence-corrected chi connectivity index (χ3v) is 6.46. The topological polar surface area (TPSA) is 62.4 Å². The molecule has 0 bridgehead atoms. The largest absolute Gasteiger partial charge is 0.497 e. The first-order valence-electron chi connectivity index (χ1n) is 7.92. The number of hydrogen-bond acceptors (Lipinski definition) is 3. The number of halogens is 1. The van der Waals surface area contributed by atoms with Crippen molar-refractivity contribution in [1.82, 2.24) is 9.29 Å². The predicted molar refractivity (Wildman–Crippen MR) is 92.6 cm³/mol. The molecule has 130 valence electrons. The number of sulfonamides is 1. The number of rotatable bonds is 3. The van der Waals surface area contributed by atoms with Crippen LogP contribution in [0.15, 0.2) is 47.4 Å². The maximum Gasteiger partial charge on any atom is 0.243 e. The maximum absolute atomic E-state index is 13.6. The van der Waals surface area contributed by atoms with Crippen LogP contribution < -0.4 is 4.74 Å². The maximum atomic E-state index is 13.6. The predicted octanol–water partition coefficient (Wildman–Crippen LogP) is 3.06. The highest BCUT2D eigenvalue weighted by atomic mass is 32.2. The summed E-state index contributed by atoms with van der Waals surface area (Å²) < 4.78 is 46.0. The fourth-order valence-corrected chi connectivity index (χ4v) is 4.67. The number of nitrogens with zero attached hydrogens (tertiary/aromatic N) is 1. The van der Waals surface area contributed by atoms with Crippen molar-refractivity contribution in [2.24, 2.45) is 0 Å². The molecule has 25 heavy (non-hydrogen) atoms. The van der Waals surface area contributed by atoms with Crippen LogP contribution in [-0.2, 0) is 23.0 Å². The number of H-pyrrole nitrogens is 1. The van der Waals surface area contributed by atoms with E-state index in [1.807, 2.05) is 0 Å². The van der Waals surface area contributed by atoms with E-state index in [0.717, 1.165) is 22.2 Å². The van der Waals surface area contributed by atoms with Gasteiger partial charge in [-0.05, 0) is 48.0 Å². The van der Waals surface area contributed by atoms with Gasteiger partial charge in [0.1, 0.15) is 11.6 Å². The van der Waals surface area contributed by atoms with Gasteiger partial charge in [0.05, 0.1) is 12.0 Å². The second-order valence-electron chi connectivity index (χ2n) is 6.04. The molecule has 0 unspecified atom stereocenters. The monoisotopic (exact) mass is 360 g/mol. The van der Waals surface area contributed by atoms with Gasteiger partial charge in [-0.2, -0.15) is 4.31 Å². The molecule has 1 aromatic heterocycles. The standard InChI is InChI=1S/C18H17FN2O3S/c1-24-13-3-5-14(6-4-13)25(22,23)21-9-8-18-16(11-21)15-10-12(19)2-7-17(15)20-18/h2-7,10,20H,8-9,11H2,1H3. The van der Waals surface area contributed by atoms with Crippen molar-refractivity contribution in [3.63, 3.8) is 0 Å². The summed E-state index contributed by atoms with van der Waals surface area (Å²) >= 11 is 0. The molecule has 3 aromatic rings. The average molecular weight is 360 g/mol. The second kappa shape index (κ2) is 5.86. The van der Waals surface area contributed by atoms with E-state index in [4.69, 9.17) is 4.74 Å². The van der Waals surface area contributed by atoms with Crippen molar-refractivity contribution >= 4 is 20.9 Å². The van der Waals surface area contributed by atoms with E-state index in [1.54, 1.807) is 30.3 Å². The summed E-state index contributed by atoms with van der Waals surface area (Å²) in [5, 5.41) is 0.740. The van der Waals surface area contributed by atoms with Gasteiger partial charge in [-0.1, -0.05) is 0 Å². The molecular formula is C18H17FN2O3S. The summed E-state index contributed by atoms with van der Waals surface area (Å²) in [5.74, 6) is 0.274. The minimum Gasteiger partial charge on any atom is -0.497 e. The van der Waals surface area contributed by atoms with Crippen molar-refractivity contribution in [2.45, 2.75) is 17.9 Å². The Kier molecular flexibility index (Phi) is 3.77. The molecule has 0 spiro atoms. The fourth-order valence-electron chi connectivity index (χ4n) is 3.26. The Labute approximate surface area is 145 Å². The lowest BCUT2D eigenvalue weighted by molar-refractivity contribution is 0.391. The highest BCUT2D eigenvalue weighted by Gasteiger charge is 2.30. The molecule has 0 radical (unpaired) electrons. The Balaban J connectivity index is 1.71. The van der Waals surface area contributed by atoms with Crippen LogP contribution in [0.1, 0.15) is 11.3 Å². The van der Waals surface area contributed by atoms with Gasteiger partial charge in [0.25, 0.3) is 0 Å². The Hall–Kier alpha value is -2.38. The number of benzene rings is 2. The highest BCUT2D eigenvalue weighted by molar-refractivity contribution is 7.89. The molecule has 0 amide bonds. The van der Waals surface area contributed by atoms with E-state index in [0.29, 0.717) is 18.7 Å². The van der Waals surface area contributed by atoms with Crippen LogP contribution in [0, 0.1) is 5.82 Å². The molecule has 1 N–H and O–H groups in total. The molecular weight excluding hydrogens is 343 g/mol. The lowest BCUT2D eigenvalue weighted by Crippen LogP contribution is -2.35. The van der Waals surface area contributed by atoms with Crippen LogP contribution >= 0.6 is 0 Å². The van der Waals surface area contributed by atoms with Crippen LogP contribution in [0.25, 0.3) is 10.9 Å². The third kappa shape index (κ3) is 2.69. The molecule has 0 atom stereocenters. The molecule has 1 aliphatic heterocycles. The van der Waals surface area contributed by atoms with Crippen molar-refractivity contribution in [3.05, 3.63) is 59.5 Å². The smallest absolute Gasteiger partial charge is 0.243 e. The summed E-state index contributed by atoms with van der Waals surface area (Å²) in [5.41, 5.74) is 2.65. The van der Waals surface area contributed by atoms with Crippen LogP contribution in [0.4, 0.5) is 4.39 Å².